The van der Waals surface area contributed by atoms with Crippen molar-refractivity contribution in [1.82, 2.24) is 4.31 Å². The predicted molar refractivity (Wildman–Crippen MR) is 77.0 cm³/mol. The van der Waals surface area contributed by atoms with Gasteiger partial charge in [0, 0.05) is 18.8 Å². The minimum Gasteiger partial charge on any atom is -0.478 e. The fourth-order valence-electron chi connectivity index (χ4n) is 1.82. The highest BCUT2D eigenvalue weighted by molar-refractivity contribution is 7.89. The fraction of sp³-hybridized carbons (Fsp3) is 0.385. The Bertz CT molecular complexity index is 679. The molecular weight excluding hydrogens is 294 g/mol. The molecular formula is C13H17N3O4S. The first-order valence-electron chi connectivity index (χ1n) is 6.26. The van der Waals surface area contributed by atoms with Crippen molar-refractivity contribution >= 4 is 21.7 Å². The van der Waals surface area contributed by atoms with Gasteiger partial charge in [0.15, 0.2) is 0 Å². The predicted octanol–water partition coefficient (Wildman–Crippen LogP) is 1.14. The summed E-state index contributed by atoms with van der Waals surface area (Å²) >= 11 is 0. The fourth-order valence-corrected chi connectivity index (χ4v) is 3.52. The summed E-state index contributed by atoms with van der Waals surface area (Å²) in [5.41, 5.74) is 5.29. The molecule has 0 spiro atoms. The Morgan fingerprint density at radius 2 is 2.14 bits per heavy atom. The standard InChI is InChI=1S/C13H17N3O4S/c1-3-16(8-9(2)7-14)21(19,20)12-5-4-10(15)6-11(12)13(17)18/h4-6,9H,3,8,15H2,1-2H3,(H,17,18). The van der Waals surface area contributed by atoms with Crippen LogP contribution in [0.5, 0.6) is 0 Å². The molecule has 1 unspecified atom stereocenters. The van der Waals surface area contributed by atoms with Gasteiger partial charge in [-0.15, -0.1) is 0 Å². The van der Waals surface area contributed by atoms with Crippen LogP contribution < -0.4 is 5.73 Å². The molecule has 0 aromatic heterocycles. The Kier molecular flexibility index (Phi) is 5.29. The number of nitrogens with two attached hydrogens (primary N) is 1. The van der Waals surface area contributed by atoms with Gasteiger partial charge in [0.25, 0.3) is 0 Å². The van der Waals surface area contributed by atoms with E-state index in [1.165, 1.54) is 12.1 Å². The summed E-state index contributed by atoms with van der Waals surface area (Å²) in [5.74, 6) is -1.87. The van der Waals surface area contributed by atoms with Crippen LogP contribution in [0.1, 0.15) is 24.2 Å². The van der Waals surface area contributed by atoms with Crippen LogP contribution in [0, 0.1) is 17.2 Å². The number of sulfonamides is 1. The lowest BCUT2D eigenvalue weighted by Gasteiger charge is -2.22. The number of carbonyl (C=O) groups is 1. The van der Waals surface area contributed by atoms with Gasteiger partial charge in [0.05, 0.1) is 22.4 Å². The molecule has 0 aliphatic rings. The summed E-state index contributed by atoms with van der Waals surface area (Å²) in [7, 11) is -4.00. The lowest BCUT2D eigenvalue weighted by Crippen LogP contribution is -2.35. The summed E-state index contributed by atoms with van der Waals surface area (Å²) in [6, 6.07) is 5.57. The van der Waals surface area contributed by atoms with Gasteiger partial charge in [-0.2, -0.15) is 9.57 Å². The molecule has 0 radical (unpaired) electrons. The maximum atomic E-state index is 12.6. The monoisotopic (exact) mass is 311 g/mol. The van der Waals surface area contributed by atoms with Crippen molar-refractivity contribution in [2.24, 2.45) is 5.92 Å². The number of anilines is 1. The topological polar surface area (TPSA) is 124 Å². The number of carboxylic acid groups (broad SMARTS) is 1. The summed E-state index contributed by atoms with van der Waals surface area (Å²) < 4.78 is 26.2. The van der Waals surface area contributed by atoms with Crippen LogP contribution in [0.25, 0.3) is 0 Å². The molecule has 3 N–H and O–H groups in total. The molecule has 8 heteroatoms. The normalized spacial score (nSPS) is 12.9. The van der Waals surface area contributed by atoms with Gasteiger partial charge in [0.1, 0.15) is 0 Å². The molecule has 114 valence electrons. The first kappa shape index (κ1) is 16.9. The van der Waals surface area contributed by atoms with Crippen molar-refractivity contribution in [3.8, 4) is 6.07 Å². The number of rotatable bonds is 6. The van der Waals surface area contributed by atoms with Crippen LogP contribution in [0.3, 0.4) is 0 Å². The van der Waals surface area contributed by atoms with Crippen LogP contribution in [0.4, 0.5) is 5.69 Å². The van der Waals surface area contributed by atoms with Crippen LogP contribution >= 0.6 is 0 Å². The number of hydrogen-bond donors (Lipinski definition) is 2. The number of nitriles is 1. The summed E-state index contributed by atoms with van der Waals surface area (Å²) in [5, 5.41) is 18.0. The average Bonchev–Trinajstić information content (AvgIpc) is 2.43. The number of carboxylic acids is 1. The number of nitrogens with zero attached hydrogens (tertiary/aromatic N) is 2. The van der Waals surface area contributed by atoms with Gasteiger partial charge in [-0.3, -0.25) is 0 Å². The van der Waals surface area contributed by atoms with E-state index in [2.05, 4.69) is 0 Å². The Morgan fingerprint density at radius 3 is 2.62 bits per heavy atom. The quantitative estimate of drug-likeness (QED) is 0.759. The Balaban J connectivity index is 3.36. The second-order valence-corrected chi connectivity index (χ2v) is 6.45. The minimum atomic E-state index is -4.00. The number of hydrogen-bond acceptors (Lipinski definition) is 5. The summed E-state index contributed by atoms with van der Waals surface area (Å²) in [6.07, 6.45) is 0. The molecule has 0 aliphatic heterocycles. The zero-order valence-electron chi connectivity index (χ0n) is 11.8. The van der Waals surface area contributed by atoms with Crippen molar-refractivity contribution in [2.75, 3.05) is 18.8 Å². The zero-order chi connectivity index (χ0) is 16.2. The summed E-state index contributed by atoms with van der Waals surface area (Å²) in [4.78, 5) is 10.9. The molecule has 0 amide bonds. The molecule has 0 saturated carbocycles. The van der Waals surface area contributed by atoms with Gasteiger partial charge in [-0.1, -0.05) is 6.92 Å². The van der Waals surface area contributed by atoms with Gasteiger partial charge >= 0.3 is 5.97 Å². The van der Waals surface area contributed by atoms with Crippen molar-refractivity contribution in [2.45, 2.75) is 18.7 Å². The van der Waals surface area contributed by atoms with Gasteiger partial charge in [-0.25, -0.2) is 13.2 Å². The SMILES string of the molecule is CCN(CC(C)C#N)S(=O)(=O)c1ccc(N)cc1C(=O)O. The first-order chi connectivity index (χ1) is 9.73. The zero-order valence-corrected chi connectivity index (χ0v) is 12.6. The highest BCUT2D eigenvalue weighted by atomic mass is 32.2. The Morgan fingerprint density at radius 1 is 1.52 bits per heavy atom. The maximum absolute atomic E-state index is 12.6. The molecule has 0 heterocycles. The van der Waals surface area contributed by atoms with E-state index in [-0.39, 0.29) is 29.2 Å². The van der Waals surface area contributed by atoms with E-state index in [0.717, 1.165) is 10.4 Å². The number of aromatic carboxylic acids is 1. The Labute approximate surface area is 123 Å². The van der Waals surface area contributed by atoms with E-state index >= 15 is 0 Å². The third kappa shape index (κ3) is 3.71. The van der Waals surface area contributed by atoms with Gasteiger partial charge < -0.3 is 10.8 Å². The molecule has 0 bridgehead atoms. The smallest absolute Gasteiger partial charge is 0.337 e. The molecule has 0 saturated heterocycles. The summed E-state index contributed by atoms with van der Waals surface area (Å²) in [6.45, 7) is 3.36. The second kappa shape index (κ2) is 6.56. The van der Waals surface area contributed by atoms with E-state index in [0.29, 0.717) is 0 Å². The van der Waals surface area contributed by atoms with E-state index < -0.39 is 21.9 Å². The molecule has 1 atom stereocenters. The van der Waals surface area contributed by atoms with Crippen LogP contribution in [-0.4, -0.2) is 36.9 Å². The van der Waals surface area contributed by atoms with Crippen molar-refractivity contribution in [3.05, 3.63) is 23.8 Å². The van der Waals surface area contributed by atoms with E-state index in [9.17, 15) is 13.2 Å². The van der Waals surface area contributed by atoms with Crippen LogP contribution in [0.2, 0.25) is 0 Å². The Hall–Kier alpha value is -2.11. The average molecular weight is 311 g/mol. The number of nitrogen functional groups attached to an aromatic ring is 1. The van der Waals surface area contributed by atoms with E-state index in [1.54, 1.807) is 13.8 Å². The van der Waals surface area contributed by atoms with Crippen molar-refractivity contribution in [1.29, 1.82) is 5.26 Å². The van der Waals surface area contributed by atoms with E-state index in [4.69, 9.17) is 16.1 Å². The van der Waals surface area contributed by atoms with Gasteiger partial charge in [-0.05, 0) is 25.1 Å². The lowest BCUT2D eigenvalue weighted by molar-refractivity contribution is 0.0692. The molecule has 1 rings (SSSR count). The highest BCUT2D eigenvalue weighted by Crippen LogP contribution is 2.23. The van der Waals surface area contributed by atoms with Gasteiger partial charge in [0.2, 0.25) is 10.0 Å². The van der Waals surface area contributed by atoms with Crippen LogP contribution in [-0.2, 0) is 10.0 Å². The van der Waals surface area contributed by atoms with E-state index in [1.807, 2.05) is 6.07 Å². The number of benzene rings is 1. The largest absolute Gasteiger partial charge is 0.478 e. The molecule has 1 aromatic rings. The first-order valence-corrected chi connectivity index (χ1v) is 7.70. The third-order valence-electron chi connectivity index (χ3n) is 2.90. The van der Waals surface area contributed by atoms with Crippen molar-refractivity contribution in [3.63, 3.8) is 0 Å². The molecule has 0 fully saturated rings. The third-order valence-corrected chi connectivity index (χ3v) is 4.90. The molecule has 0 aliphatic carbocycles. The molecule has 7 nitrogen and oxygen atoms in total. The molecule has 21 heavy (non-hydrogen) atoms. The molecule has 1 aromatic carbocycles. The highest BCUT2D eigenvalue weighted by Gasteiger charge is 2.29. The minimum absolute atomic E-state index is 0.00122. The lowest BCUT2D eigenvalue weighted by atomic mass is 10.2. The maximum Gasteiger partial charge on any atom is 0.337 e. The second-order valence-electron chi connectivity index (χ2n) is 4.55. The van der Waals surface area contributed by atoms with Crippen molar-refractivity contribution < 1.29 is 18.3 Å². The van der Waals surface area contributed by atoms with Crippen LogP contribution in [0.15, 0.2) is 23.1 Å².